The summed E-state index contributed by atoms with van der Waals surface area (Å²) in [7, 11) is 0. The fourth-order valence-electron chi connectivity index (χ4n) is 2.48. The second kappa shape index (κ2) is 5.56. The lowest BCUT2D eigenvalue weighted by molar-refractivity contribution is 0.182. The van der Waals surface area contributed by atoms with Crippen molar-refractivity contribution >= 4 is 0 Å². The van der Waals surface area contributed by atoms with Gasteiger partial charge >= 0.3 is 0 Å². The summed E-state index contributed by atoms with van der Waals surface area (Å²) in [6.07, 6.45) is 2.61. The summed E-state index contributed by atoms with van der Waals surface area (Å²) in [5, 5.41) is 9.08. The smallest absolute Gasteiger partial charge is 0.128 e. The summed E-state index contributed by atoms with van der Waals surface area (Å²) in [5.74, 6) is -0.819. The van der Waals surface area contributed by atoms with Gasteiger partial charge in [0, 0.05) is 18.2 Å². The number of benzene rings is 1. The molecule has 2 rings (SSSR count). The Morgan fingerprint density at radius 1 is 1.24 bits per heavy atom. The normalized spacial score (nSPS) is 18.5. The van der Waals surface area contributed by atoms with Gasteiger partial charge in [-0.3, -0.25) is 4.90 Å². The maximum atomic E-state index is 13.7. The molecule has 2 nitrogen and oxygen atoms in total. The molecule has 4 heteroatoms. The van der Waals surface area contributed by atoms with Crippen LogP contribution in [0.1, 0.15) is 30.9 Å². The summed E-state index contributed by atoms with van der Waals surface area (Å²) < 4.78 is 26.9. The third-order valence-electron chi connectivity index (χ3n) is 3.30. The number of halogens is 2. The molecule has 17 heavy (non-hydrogen) atoms. The first kappa shape index (κ1) is 12.5. The number of rotatable bonds is 4. The molecule has 1 unspecified atom stereocenters. The van der Waals surface area contributed by atoms with Crippen molar-refractivity contribution in [1.29, 1.82) is 0 Å². The largest absolute Gasteiger partial charge is 0.396 e. The van der Waals surface area contributed by atoms with Gasteiger partial charge in [0.25, 0.3) is 0 Å². The highest BCUT2D eigenvalue weighted by atomic mass is 19.1. The molecule has 1 aromatic rings. The van der Waals surface area contributed by atoms with E-state index in [0.29, 0.717) is 12.0 Å². The first-order chi connectivity index (χ1) is 8.22. The summed E-state index contributed by atoms with van der Waals surface area (Å²) in [6, 6.07) is 3.32. The van der Waals surface area contributed by atoms with E-state index < -0.39 is 11.6 Å². The van der Waals surface area contributed by atoms with Gasteiger partial charge < -0.3 is 5.11 Å². The molecular weight excluding hydrogens is 224 g/mol. The van der Waals surface area contributed by atoms with Crippen LogP contribution in [-0.2, 0) is 0 Å². The predicted molar refractivity (Wildman–Crippen MR) is 61.6 cm³/mol. The lowest BCUT2D eigenvalue weighted by Gasteiger charge is -2.27. The fraction of sp³-hybridized carbons (Fsp3) is 0.538. The van der Waals surface area contributed by atoms with Gasteiger partial charge in [-0.15, -0.1) is 0 Å². The molecule has 1 aliphatic rings. The van der Waals surface area contributed by atoms with Crippen LogP contribution in [0.2, 0.25) is 0 Å². The molecule has 1 atom stereocenters. The van der Waals surface area contributed by atoms with E-state index in [-0.39, 0.29) is 12.6 Å². The maximum absolute atomic E-state index is 13.7. The van der Waals surface area contributed by atoms with E-state index >= 15 is 0 Å². The molecular formula is C13H17F2NO. The summed E-state index contributed by atoms with van der Waals surface area (Å²) >= 11 is 0. The van der Waals surface area contributed by atoms with Crippen molar-refractivity contribution in [3.8, 4) is 0 Å². The molecule has 1 aliphatic heterocycles. The van der Waals surface area contributed by atoms with E-state index in [4.69, 9.17) is 5.11 Å². The Morgan fingerprint density at radius 3 is 2.59 bits per heavy atom. The summed E-state index contributed by atoms with van der Waals surface area (Å²) in [5.41, 5.74) is 0.362. The van der Waals surface area contributed by atoms with Crippen LogP contribution in [0.3, 0.4) is 0 Å². The minimum atomic E-state index is -0.427. The zero-order valence-electron chi connectivity index (χ0n) is 9.70. The van der Waals surface area contributed by atoms with Crippen LogP contribution < -0.4 is 0 Å². The lowest BCUT2D eigenvalue weighted by atomic mass is 10.0. The minimum absolute atomic E-state index is 0.0167. The molecule has 0 bridgehead atoms. The van der Waals surface area contributed by atoms with E-state index in [1.807, 2.05) is 0 Å². The van der Waals surface area contributed by atoms with Crippen molar-refractivity contribution in [2.45, 2.75) is 25.3 Å². The molecule has 0 amide bonds. The van der Waals surface area contributed by atoms with E-state index in [2.05, 4.69) is 4.90 Å². The molecule has 0 aliphatic carbocycles. The van der Waals surface area contributed by atoms with Crippen molar-refractivity contribution in [2.24, 2.45) is 0 Å². The summed E-state index contributed by atoms with van der Waals surface area (Å²) in [4.78, 5) is 2.12. The first-order valence-electron chi connectivity index (χ1n) is 6.02. The molecule has 0 radical (unpaired) electrons. The number of aliphatic hydroxyl groups is 1. The highest BCUT2D eigenvalue weighted by molar-refractivity contribution is 5.22. The van der Waals surface area contributed by atoms with E-state index in [1.54, 1.807) is 0 Å². The molecule has 0 saturated carbocycles. The number of nitrogens with zero attached hydrogens (tertiary/aromatic N) is 1. The SMILES string of the molecule is OCCC(c1cc(F)ccc1F)N1CCCC1. The zero-order chi connectivity index (χ0) is 12.3. The Bertz CT molecular complexity index is 378. The van der Waals surface area contributed by atoms with Gasteiger partial charge in [0.2, 0.25) is 0 Å². The molecule has 1 heterocycles. The standard InChI is InChI=1S/C13H17F2NO/c14-10-3-4-12(15)11(9-10)13(5-8-17)16-6-1-2-7-16/h3-4,9,13,17H,1-2,5-8H2. The predicted octanol–water partition coefficient (Wildman–Crippen LogP) is 2.48. The quantitative estimate of drug-likeness (QED) is 0.875. The van der Waals surface area contributed by atoms with Crippen molar-refractivity contribution in [3.63, 3.8) is 0 Å². The Hall–Kier alpha value is -1.00. The number of aliphatic hydroxyl groups excluding tert-OH is 1. The Morgan fingerprint density at radius 2 is 1.94 bits per heavy atom. The molecule has 1 saturated heterocycles. The van der Waals surface area contributed by atoms with Gasteiger partial charge in [-0.1, -0.05) is 0 Å². The highest BCUT2D eigenvalue weighted by Gasteiger charge is 2.25. The summed E-state index contributed by atoms with van der Waals surface area (Å²) in [6.45, 7) is 1.76. The van der Waals surface area contributed by atoms with Gasteiger partial charge in [-0.25, -0.2) is 8.78 Å². The average molecular weight is 241 g/mol. The molecule has 1 fully saturated rings. The van der Waals surface area contributed by atoms with Crippen molar-refractivity contribution in [2.75, 3.05) is 19.7 Å². The third-order valence-corrected chi connectivity index (χ3v) is 3.30. The average Bonchev–Trinajstić information content (AvgIpc) is 2.83. The second-order valence-electron chi connectivity index (χ2n) is 4.44. The molecule has 0 aromatic heterocycles. The Labute approximate surface area is 99.9 Å². The fourth-order valence-corrected chi connectivity index (χ4v) is 2.48. The molecule has 94 valence electrons. The van der Waals surface area contributed by atoms with E-state index in [1.165, 1.54) is 6.07 Å². The van der Waals surface area contributed by atoms with Gasteiger partial charge in [0.05, 0.1) is 0 Å². The highest BCUT2D eigenvalue weighted by Crippen LogP contribution is 2.29. The third kappa shape index (κ3) is 2.82. The number of likely N-dealkylation sites (tertiary alicyclic amines) is 1. The number of hydrogen-bond donors (Lipinski definition) is 1. The second-order valence-corrected chi connectivity index (χ2v) is 4.44. The van der Waals surface area contributed by atoms with E-state index in [9.17, 15) is 8.78 Å². The van der Waals surface area contributed by atoms with Crippen molar-refractivity contribution < 1.29 is 13.9 Å². The monoisotopic (exact) mass is 241 g/mol. The Balaban J connectivity index is 2.27. The maximum Gasteiger partial charge on any atom is 0.128 e. The molecule has 1 N–H and O–H groups in total. The van der Waals surface area contributed by atoms with Crippen LogP contribution in [0.5, 0.6) is 0 Å². The van der Waals surface area contributed by atoms with Crippen LogP contribution in [-0.4, -0.2) is 29.7 Å². The van der Waals surface area contributed by atoms with Crippen LogP contribution in [0.4, 0.5) is 8.78 Å². The molecule has 1 aromatic carbocycles. The van der Waals surface area contributed by atoms with Crippen molar-refractivity contribution in [1.82, 2.24) is 4.90 Å². The van der Waals surface area contributed by atoms with Gasteiger partial charge in [-0.05, 0) is 50.6 Å². The van der Waals surface area contributed by atoms with Crippen LogP contribution in [0, 0.1) is 11.6 Å². The van der Waals surface area contributed by atoms with Gasteiger partial charge in [-0.2, -0.15) is 0 Å². The number of hydrogen-bond acceptors (Lipinski definition) is 2. The van der Waals surface area contributed by atoms with Crippen LogP contribution in [0.15, 0.2) is 18.2 Å². The first-order valence-corrected chi connectivity index (χ1v) is 6.02. The lowest BCUT2D eigenvalue weighted by Crippen LogP contribution is -2.27. The van der Waals surface area contributed by atoms with E-state index in [0.717, 1.165) is 38.1 Å². The topological polar surface area (TPSA) is 23.5 Å². The van der Waals surface area contributed by atoms with Gasteiger partial charge in [0.15, 0.2) is 0 Å². The van der Waals surface area contributed by atoms with Crippen LogP contribution in [0.25, 0.3) is 0 Å². The van der Waals surface area contributed by atoms with Crippen molar-refractivity contribution in [3.05, 3.63) is 35.4 Å². The Kier molecular flexibility index (Phi) is 4.07. The van der Waals surface area contributed by atoms with Gasteiger partial charge in [0.1, 0.15) is 11.6 Å². The minimum Gasteiger partial charge on any atom is -0.396 e. The van der Waals surface area contributed by atoms with Crippen LogP contribution >= 0.6 is 0 Å². The zero-order valence-corrected chi connectivity index (χ0v) is 9.70. The molecule has 0 spiro atoms.